The summed E-state index contributed by atoms with van der Waals surface area (Å²) in [6.45, 7) is 8.22. The fraction of sp³-hybridized carbons (Fsp3) is 0.588. The number of unbranched alkanes of at least 4 members (excludes halogenated alkanes) is 1. The third kappa shape index (κ3) is 6.16. The van der Waals surface area contributed by atoms with Crippen molar-refractivity contribution < 1.29 is 13.2 Å². The second kappa shape index (κ2) is 10.4. The number of halogens is 1. The molecule has 1 aromatic rings. The number of hydrogen-bond acceptors (Lipinski definition) is 4. The zero-order valence-corrected chi connectivity index (χ0v) is 17.6. The Kier molecular flexibility index (Phi) is 9.27. The Balaban J connectivity index is 2.96. The summed E-state index contributed by atoms with van der Waals surface area (Å²) in [4.78, 5) is 12.3. The zero-order chi connectivity index (χ0) is 19.0. The Hall–Kier alpha value is -0.760. The maximum absolute atomic E-state index is 12.7. The number of carbonyl (C=O) groups excluding carboxylic acids is 1. The van der Waals surface area contributed by atoms with Crippen molar-refractivity contribution >= 4 is 45.0 Å². The topological polar surface area (TPSA) is 66.5 Å². The summed E-state index contributed by atoms with van der Waals surface area (Å²) in [5, 5.41) is 2.73. The molecule has 0 saturated heterocycles. The number of benzene rings is 1. The van der Waals surface area contributed by atoms with Gasteiger partial charge in [0.05, 0.1) is 10.3 Å². The summed E-state index contributed by atoms with van der Waals surface area (Å²) in [5.74, 6) is 0.780. The molecule has 1 rings (SSSR count). The normalized spacial score (nSPS) is 13.0. The molecule has 8 heteroatoms. The van der Waals surface area contributed by atoms with Gasteiger partial charge in [0.25, 0.3) is 0 Å². The van der Waals surface area contributed by atoms with Crippen LogP contribution in [-0.2, 0) is 14.8 Å². The lowest BCUT2D eigenvalue weighted by Gasteiger charge is -2.20. The quantitative estimate of drug-likeness (QED) is 0.590. The van der Waals surface area contributed by atoms with Crippen LogP contribution in [0.3, 0.4) is 0 Å². The summed E-state index contributed by atoms with van der Waals surface area (Å²) in [5.41, 5.74) is 0.433. The van der Waals surface area contributed by atoms with Crippen molar-refractivity contribution in [1.29, 1.82) is 0 Å². The zero-order valence-electron chi connectivity index (χ0n) is 15.2. The number of nitrogens with zero attached hydrogens (tertiary/aromatic N) is 1. The molecule has 1 N–H and O–H groups in total. The molecule has 5 nitrogen and oxygen atoms in total. The van der Waals surface area contributed by atoms with E-state index in [0.717, 1.165) is 18.6 Å². The number of nitrogens with one attached hydrogen (secondary N) is 1. The number of hydrogen-bond donors (Lipinski definition) is 1. The molecule has 0 radical (unpaired) electrons. The highest BCUT2D eigenvalue weighted by molar-refractivity contribution is 8.00. The first-order valence-electron chi connectivity index (χ1n) is 8.50. The van der Waals surface area contributed by atoms with Crippen LogP contribution in [0.2, 0.25) is 5.02 Å². The van der Waals surface area contributed by atoms with Crippen LogP contribution in [0.15, 0.2) is 23.1 Å². The van der Waals surface area contributed by atoms with Gasteiger partial charge in [-0.15, -0.1) is 11.8 Å². The van der Waals surface area contributed by atoms with E-state index < -0.39 is 10.0 Å². The minimum Gasteiger partial charge on any atom is -0.325 e. The summed E-state index contributed by atoms with van der Waals surface area (Å²) in [7, 11) is -3.68. The van der Waals surface area contributed by atoms with E-state index in [4.69, 9.17) is 11.6 Å². The van der Waals surface area contributed by atoms with Gasteiger partial charge in [-0.3, -0.25) is 4.79 Å². The molecule has 0 fully saturated rings. The van der Waals surface area contributed by atoms with Crippen LogP contribution in [0.1, 0.15) is 40.5 Å². The van der Waals surface area contributed by atoms with E-state index in [1.165, 1.54) is 16.4 Å². The van der Waals surface area contributed by atoms with Gasteiger partial charge < -0.3 is 5.32 Å². The first-order valence-corrected chi connectivity index (χ1v) is 11.4. The van der Waals surface area contributed by atoms with E-state index >= 15 is 0 Å². The van der Waals surface area contributed by atoms with Gasteiger partial charge in [-0.25, -0.2) is 8.42 Å². The Morgan fingerprint density at radius 3 is 2.48 bits per heavy atom. The highest BCUT2D eigenvalue weighted by Gasteiger charge is 2.25. The maximum Gasteiger partial charge on any atom is 0.244 e. The first kappa shape index (κ1) is 22.3. The second-order valence-electron chi connectivity index (χ2n) is 5.59. The molecule has 0 heterocycles. The van der Waals surface area contributed by atoms with Crippen molar-refractivity contribution in [3.63, 3.8) is 0 Å². The van der Waals surface area contributed by atoms with Crippen LogP contribution in [0.5, 0.6) is 0 Å². The van der Waals surface area contributed by atoms with Gasteiger partial charge in [-0.2, -0.15) is 4.31 Å². The molecular formula is C17H27ClN2O3S2. The Labute approximate surface area is 160 Å². The minimum absolute atomic E-state index is 0.0157. The standard InChI is InChI=1S/C17H27ClN2O3S2/c1-5-8-11-24-13(4)17(21)19-14-9-10-15(18)16(12-14)25(22,23)20(6-2)7-3/h9-10,12-13H,5-8,11H2,1-4H3,(H,19,21). The Bertz CT molecular complexity index is 676. The predicted octanol–water partition coefficient (Wildman–Crippen LogP) is 4.23. The fourth-order valence-corrected chi connectivity index (χ4v) is 5.18. The summed E-state index contributed by atoms with van der Waals surface area (Å²) in [6.07, 6.45) is 2.15. The van der Waals surface area contributed by atoms with Crippen molar-refractivity contribution in [3.8, 4) is 0 Å². The number of sulfonamides is 1. The molecule has 1 unspecified atom stereocenters. The number of amides is 1. The van der Waals surface area contributed by atoms with Crippen molar-refractivity contribution in [2.45, 2.75) is 50.7 Å². The largest absolute Gasteiger partial charge is 0.325 e. The molecule has 25 heavy (non-hydrogen) atoms. The molecule has 0 aliphatic carbocycles. The van der Waals surface area contributed by atoms with Crippen molar-refractivity contribution in [3.05, 3.63) is 23.2 Å². The SMILES string of the molecule is CCCCSC(C)C(=O)Nc1ccc(Cl)c(S(=O)(=O)N(CC)CC)c1. The van der Waals surface area contributed by atoms with Gasteiger partial charge in [0.15, 0.2) is 0 Å². The number of anilines is 1. The third-order valence-corrected chi connectivity index (χ3v) is 7.53. The molecule has 0 spiro atoms. The van der Waals surface area contributed by atoms with Crippen molar-refractivity contribution in [2.24, 2.45) is 0 Å². The van der Waals surface area contributed by atoms with Crippen LogP contribution in [0.25, 0.3) is 0 Å². The van der Waals surface area contributed by atoms with Crippen LogP contribution in [0.4, 0.5) is 5.69 Å². The lowest BCUT2D eigenvalue weighted by Crippen LogP contribution is -2.31. The molecular weight excluding hydrogens is 380 g/mol. The second-order valence-corrected chi connectivity index (χ2v) is 9.35. The van der Waals surface area contributed by atoms with E-state index in [2.05, 4.69) is 12.2 Å². The molecule has 142 valence electrons. The molecule has 1 amide bonds. The van der Waals surface area contributed by atoms with Crippen molar-refractivity contribution in [2.75, 3.05) is 24.2 Å². The van der Waals surface area contributed by atoms with E-state index in [1.54, 1.807) is 31.7 Å². The monoisotopic (exact) mass is 406 g/mol. The van der Waals surface area contributed by atoms with Gasteiger partial charge >= 0.3 is 0 Å². The molecule has 0 bridgehead atoms. The number of thioether (sulfide) groups is 1. The van der Waals surface area contributed by atoms with Crippen LogP contribution in [-0.4, -0.2) is 42.7 Å². The van der Waals surface area contributed by atoms with E-state index in [-0.39, 0.29) is 21.1 Å². The molecule has 0 saturated carbocycles. The first-order chi connectivity index (χ1) is 11.8. The highest BCUT2D eigenvalue weighted by atomic mass is 35.5. The Morgan fingerprint density at radius 2 is 1.92 bits per heavy atom. The predicted molar refractivity (Wildman–Crippen MR) is 107 cm³/mol. The van der Waals surface area contributed by atoms with Crippen LogP contribution >= 0.6 is 23.4 Å². The lowest BCUT2D eigenvalue weighted by molar-refractivity contribution is -0.115. The van der Waals surface area contributed by atoms with Crippen LogP contribution in [0, 0.1) is 0 Å². The van der Waals surface area contributed by atoms with Gasteiger partial charge in [0.2, 0.25) is 15.9 Å². The van der Waals surface area contributed by atoms with Crippen molar-refractivity contribution in [1.82, 2.24) is 4.31 Å². The summed E-state index contributed by atoms with van der Waals surface area (Å²) >= 11 is 7.69. The average Bonchev–Trinajstić information content (AvgIpc) is 2.57. The fourth-order valence-electron chi connectivity index (χ4n) is 2.21. The van der Waals surface area contributed by atoms with Gasteiger partial charge in [-0.1, -0.05) is 38.8 Å². The average molecular weight is 407 g/mol. The molecule has 0 aliphatic heterocycles. The van der Waals surface area contributed by atoms with Gasteiger partial charge in [0.1, 0.15) is 4.90 Å². The van der Waals surface area contributed by atoms with Gasteiger partial charge in [-0.05, 0) is 37.3 Å². The number of rotatable bonds is 10. The highest BCUT2D eigenvalue weighted by Crippen LogP contribution is 2.28. The number of carbonyl (C=O) groups is 1. The van der Waals surface area contributed by atoms with E-state index in [0.29, 0.717) is 18.8 Å². The summed E-state index contributed by atoms with van der Waals surface area (Å²) in [6, 6.07) is 4.55. The maximum atomic E-state index is 12.7. The molecule has 0 aliphatic rings. The van der Waals surface area contributed by atoms with Gasteiger partial charge in [0, 0.05) is 18.8 Å². The molecule has 1 aromatic carbocycles. The van der Waals surface area contributed by atoms with Crippen LogP contribution < -0.4 is 5.32 Å². The summed E-state index contributed by atoms with van der Waals surface area (Å²) < 4.78 is 26.7. The minimum atomic E-state index is -3.68. The van der Waals surface area contributed by atoms with E-state index in [9.17, 15) is 13.2 Å². The third-order valence-electron chi connectivity index (χ3n) is 3.76. The lowest BCUT2D eigenvalue weighted by atomic mass is 10.3. The smallest absolute Gasteiger partial charge is 0.244 e. The van der Waals surface area contributed by atoms with E-state index in [1.807, 2.05) is 6.92 Å². The molecule has 0 aromatic heterocycles. The Morgan fingerprint density at radius 1 is 1.28 bits per heavy atom. The molecule has 1 atom stereocenters.